The van der Waals surface area contributed by atoms with E-state index in [2.05, 4.69) is 5.32 Å². The zero-order chi connectivity index (χ0) is 29.5. The Labute approximate surface area is 225 Å². The van der Waals surface area contributed by atoms with Crippen LogP contribution in [-0.4, -0.2) is 29.3 Å². The number of Topliss-reactive ketones (excluding diaryl/α,β-unsaturated/α-hetero) is 1. The summed E-state index contributed by atoms with van der Waals surface area (Å²) in [5.41, 5.74) is -0.0563. The zero-order valence-electron chi connectivity index (χ0n) is 21.1. The molecule has 0 fully saturated rings. The van der Waals surface area contributed by atoms with Gasteiger partial charge in [-0.15, -0.1) is 0 Å². The summed E-state index contributed by atoms with van der Waals surface area (Å²) >= 11 is 0. The molecule has 2 aromatic rings. The van der Waals surface area contributed by atoms with E-state index >= 15 is 0 Å². The Morgan fingerprint density at radius 2 is 1.55 bits per heavy atom. The van der Waals surface area contributed by atoms with Gasteiger partial charge in [-0.3, -0.25) is 19.6 Å². The van der Waals surface area contributed by atoms with Crippen LogP contribution in [0.3, 0.4) is 0 Å². The molecule has 1 aliphatic rings. The van der Waals surface area contributed by atoms with Crippen LogP contribution in [0.2, 0.25) is 0 Å². The molecular formula is C28H26F6N2O4. The van der Waals surface area contributed by atoms with Gasteiger partial charge in [0.1, 0.15) is 0 Å². The fraction of sp³-hybridized carbons (Fsp3) is 0.321. The van der Waals surface area contributed by atoms with Gasteiger partial charge in [0.15, 0.2) is 5.78 Å². The Bertz CT molecular complexity index is 1300. The maximum atomic E-state index is 13.2. The maximum Gasteiger partial charge on any atom is 0.416 e. The number of nitrogens with one attached hydrogen (secondary N) is 2. The number of unbranched alkanes of at least 4 members (excludes halogenated alkanes) is 2. The van der Waals surface area contributed by atoms with Gasteiger partial charge in [-0.2, -0.15) is 26.3 Å². The number of allylic oxidation sites excluding steroid dienone is 1. The van der Waals surface area contributed by atoms with Crippen molar-refractivity contribution in [1.29, 1.82) is 0 Å². The van der Waals surface area contributed by atoms with Crippen molar-refractivity contribution in [3.63, 3.8) is 0 Å². The second-order valence-electron chi connectivity index (χ2n) is 9.22. The number of hydrogen-bond acceptors (Lipinski definition) is 4. The van der Waals surface area contributed by atoms with Gasteiger partial charge < -0.3 is 5.32 Å². The number of benzene rings is 2. The van der Waals surface area contributed by atoms with Gasteiger partial charge in [0.2, 0.25) is 11.8 Å². The summed E-state index contributed by atoms with van der Waals surface area (Å²) in [5, 5.41) is 11.1. The monoisotopic (exact) mass is 568 g/mol. The van der Waals surface area contributed by atoms with Crippen LogP contribution in [0.4, 0.5) is 26.3 Å². The summed E-state index contributed by atoms with van der Waals surface area (Å²) in [6.07, 6.45) is -3.49. The first-order valence-electron chi connectivity index (χ1n) is 12.3. The zero-order valence-corrected chi connectivity index (χ0v) is 21.1. The molecule has 0 saturated carbocycles. The van der Waals surface area contributed by atoms with Crippen LogP contribution in [0.25, 0.3) is 12.2 Å². The lowest BCUT2D eigenvalue weighted by Crippen LogP contribution is -2.22. The smallest absolute Gasteiger partial charge is 0.353 e. The summed E-state index contributed by atoms with van der Waals surface area (Å²) in [7, 11) is 0. The molecular weight excluding hydrogens is 542 g/mol. The minimum Gasteiger partial charge on any atom is -0.353 e. The Morgan fingerprint density at radius 1 is 0.875 bits per heavy atom. The van der Waals surface area contributed by atoms with Gasteiger partial charge in [0.25, 0.3) is 0 Å². The topological polar surface area (TPSA) is 95.5 Å². The van der Waals surface area contributed by atoms with Crippen molar-refractivity contribution in [2.75, 3.05) is 6.54 Å². The number of amides is 2. The van der Waals surface area contributed by atoms with Gasteiger partial charge in [0.05, 0.1) is 11.1 Å². The van der Waals surface area contributed by atoms with E-state index < -0.39 is 35.2 Å². The van der Waals surface area contributed by atoms with Crippen molar-refractivity contribution in [1.82, 2.24) is 10.8 Å². The predicted molar refractivity (Wildman–Crippen MR) is 134 cm³/mol. The number of ketones is 1. The maximum absolute atomic E-state index is 13.2. The number of hydrogen-bond donors (Lipinski definition) is 3. The first kappa shape index (κ1) is 30.6. The molecule has 3 rings (SSSR count). The molecule has 0 unspecified atom stereocenters. The molecule has 40 heavy (non-hydrogen) atoms. The normalized spacial score (nSPS) is 14.9. The van der Waals surface area contributed by atoms with Crippen LogP contribution in [0.5, 0.6) is 0 Å². The van der Waals surface area contributed by atoms with Crippen molar-refractivity contribution in [2.45, 2.75) is 50.9 Å². The van der Waals surface area contributed by atoms with Crippen LogP contribution in [0, 0.1) is 0 Å². The molecule has 214 valence electrons. The second kappa shape index (κ2) is 12.9. The molecule has 0 atom stereocenters. The highest BCUT2D eigenvalue weighted by Gasteiger charge is 2.37. The van der Waals surface area contributed by atoms with E-state index in [4.69, 9.17) is 5.21 Å². The van der Waals surface area contributed by atoms with Crippen molar-refractivity contribution in [2.24, 2.45) is 0 Å². The molecule has 6 nitrogen and oxygen atoms in total. The van der Waals surface area contributed by atoms with Crippen molar-refractivity contribution < 1.29 is 45.9 Å². The van der Waals surface area contributed by atoms with Crippen LogP contribution >= 0.6 is 0 Å². The van der Waals surface area contributed by atoms with Crippen molar-refractivity contribution in [3.8, 4) is 0 Å². The Morgan fingerprint density at radius 3 is 2.17 bits per heavy atom. The Kier molecular flexibility index (Phi) is 9.91. The molecule has 2 aromatic carbocycles. The van der Waals surface area contributed by atoms with Crippen LogP contribution in [0.15, 0.2) is 48.0 Å². The molecule has 0 saturated heterocycles. The molecule has 0 aliphatic heterocycles. The average Bonchev–Trinajstić information content (AvgIpc) is 2.89. The average molecular weight is 569 g/mol. The first-order chi connectivity index (χ1) is 18.8. The van der Waals surface area contributed by atoms with Gasteiger partial charge in [-0.05, 0) is 72.7 Å². The molecule has 0 spiro atoms. The van der Waals surface area contributed by atoms with E-state index in [9.17, 15) is 40.7 Å². The lowest BCUT2D eigenvalue weighted by molar-refractivity contribution is -0.143. The molecule has 3 N–H and O–H groups in total. The van der Waals surface area contributed by atoms with Crippen molar-refractivity contribution >= 4 is 29.7 Å². The molecule has 0 heterocycles. The number of fused-ring (bicyclic) bond motifs is 1. The Hall–Kier alpha value is -3.93. The molecule has 2 amide bonds. The molecule has 0 bridgehead atoms. The van der Waals surface area contributed by atoms with E-state index in [1.165, 1.54) is 12.1 Å². The molecule has 0 aromatic heterocycles. The summed E-state index contributed by atoms with van der Waals surface area (Å²) in [6.45, 7) is 0.397. The minimum absolute atomic E-state index is 0.0391. The number of carbonyl (C=O) groups is 3. The highest BCUT2D eigenvalue weighted by Crippen LogP contribution is 2.37. The van der Waals surface area contributed by atoms with Crippen molar-refractivity contribution in [3.05, 3.63) is 81.4 Å². The van der Waals surface area contributed by atoms with E-state index in [-0.39, 0.29) is 41.5 Å². The number of alkyl halides is 6. The molecule has 1 aliphatic carbocycles. The number of rotatable bonds is 9. The third-order valence-electron chi connectivity index (χ3n) is 6.21. The van der Waals surface area contributed by atoms with Crippen LogP contribution < -0.4 is 10.8 Å². The second-order valence-corrected chi connectivity index (χ2v) is 9.22. The van der Waals surface area contributed by atoms with Gasteiger partial charge in [-0.25, -0.2) is 5.48 Å². The number of carbonyl (C=O) groups excluding carboxylic acids is 3. The highest BCUT2D eigenvalue weighted by molar-refractivity contribution is 6.13. The highest BCUT2D eigenvalue weighted by atomic mass is 19.4. The fourth-order valence-corrected chi connectivity index (χ4v) is 4.19. The first-order valence-corrected chi connectivity index (χ1v) is 12.3. The number of halogens is 6. The third kappa shape index (κ3) is 8.54. The van der Waals surface area contributed by atoms with Crippen LogP contribution in [-0.2, 0) is 28.4 Å². The summed E-state index contributed by atoms with van der Waals surface area (Å²) in [4.78, 5) is 35.9. The summed E-state index contributed by atoms with van der Waals surface area (Å²) in [5.74, 6) is -1.30. The van der Waals surface area contributed by atoms with Crippen LogP contribution in [0.1, 0.15) is 70.3 Å². The standard InChI is InChI=1S/C28H26F6N2O4/c29-27(30,31)21-14-18(15-22(16-21)28(32,33)34)13-20-8-7-19-12-17(5-9-23(19)26(20)39)6-10-24(37)35-11-3-1-2-4-25(38)36-40/h5-6,9-10,12-16,40H,1-4,7-8,11H2,(H,35,37)(H,36,38)/b10-6+,20-13?. The number of hydroxylamine groups is 1. The van der Waals surface area contributed by atoms with Gasteiger partial charge in [0, 0.05) is 30.2 Å². The lowest BCUT2D eigenvalue weighted by Gasteiger charge is -2.19. The largest absolute Gasteiger partial charge is 0.416 e. The van der Waals surface area contributed by atoms with E-state index in [0.29, 0.717) is 55.5 Å². The molecule has 0 radical (unpaired) electrons. The third-order valence-corrected chi connectivity index (χ3v) is 6.21. The van der Waals surface area contributed by atoms with Gasteiger partial charge >= 0.3 is 12.4 Å². The summed E-state index contributed by atoms with van der Waals surface area (Å²) < 4.78 is 79.1. The SMILES string of the molecule is O=C(/C=C/c1ccc2c(c1)CCC(=Cc1cc(C(F)(F)F)cc(C(F)(F)F)c1)C2=O)NCCCCCC(=O)NO. The minimum atomic E-state index is -4.99. The predicted octanol–water partition coefficient (Wildman–Crippen LogP) is 6.13. The van der Waals surface area contributed by atoms with Gasteiger partial charge in [-0.1, -0.05) is 24.6 Å². The Balaban J connectivity index is 1.66. The fourth-order valence-electron chi connectivity index (χ4n) is 4.19. The quantitative estimate of drug-likeness (QED) is 0.112. The lowest BCUT2D eigenvalue weighted by atomic mass is 9.85. The van der Waals surface area contributed by atoms with E-state index in [1.54, 1.807) is 23.7 Å². The summed E-state index contributed by atoms with van der Waals surface area (Å²) in [6, 6.07) is 6.00. The van der Waals surface area contributed by atoms with E-state index in [0.717, 1.165) is 6.08 Å². The number of aryl methyl sites for hydroxylation is 1. The van der Waals surface area contributed by atoms with E-state index in [1.807, 2.05) is 0 Å². The molecule has 12 heteroatoms.